The molecular weight excluding hydrogens is 342 g/mol. The van der Waals surface area contributed by atoms with Crippen molar-refractivity contribution in [3.05, 3.63) is 51.5 Å². The summed E-state index contributed by atoms with van der Waals surface area (Å²) < 4.78 is 0. The van der Waals surface area contributed by atoms with Gasteiger partial charge in [-0.25, -0.2) is 9.98 Å². The van der Waals surface area contributed by atoms with Gasteiger partial charge in [-0.15, -0.1) is 11.3 Å². The second kappa shape index (κ2) is 10.3. The predicted octanol–water partition coefficient (Wildman–Crippen LogP) is 3.34. The third-order valence-corrected chi connectivity index (χ3v) is 5.44. The zero-order valence-electron chi connectivity index (χ0n) is 16.5. The number of benzene rings is 1. The molecule has 0 radical (unpaired) electrons. The van der Waals surface area contributed by atoms with Crippen LogP contribution >= 0.6 is 11.3 Å². The van der Waals surface area contributed by atoms with Crippen molar-refractivity contribution in [2.24, 2.45) is 4.99 Å². The van der Waals surface area contributed by atoms with Crippen LogP contribution in [0.4, 0.5) is 0 Å². The number of aromatic nitrogens is 1. The van der Waals surface area contributed by atoms with Crippen molar-refractivity contribution < 1.29 is 0 Å². The highest BCUT2D eigenvalue weighted by atomic mass is 32.1. The minimum Gasteiger partial charge on any atom is -0.357 e. The van der Waals surface area contributed by atoms with E-state index in [2.05, 4.69) is 83.7 Å². The molecule has 5 nitrogen and oxygen atoms in total. The maximum atomic E-state index is 4.68. The minimum atomic E-state index is 0.392. The van der Waals surface area contributed by atoms with Gasteiger partial charge in [0.05, 0.1) is 12.2 Å². The topological polar surface area (TPSA) is 52.6 Å². The fourth-order valence-electron chi connectivity index (χ4n) is 2.52. The molecule has 0 aliphatic carbocycles. The number of rotatable bonds is 8. The first-order valence-electron chi connectivity index (χ1n) is 9.18. The smallest absolute Gasteiger partial charge is 0.191 e. The summed E-state index contributed by atoms with van der Waals surface area (Å²) in [7, 11) is 2.16. The van der Waals surface area contributed by atoms with E-state index >= 15 is 0 Å². The summed E-state index contributed by atoms with van der Waals surface area (Å²) in [6.07, 6.45) is 0. The summed E-state index contributed by atoms with van der Waals surface area (Å²) in [4.78, 5) is 12.9. The zero-order valence-corrected chi connectivity index (χ0v) is 17.4. The molecule has 142 valence electrons. The van der Waals surface area contributed by atoms with Crippen LogP contribution in [0.5, 0.6) is 0 Å². The van der Waals surface area contributed by atoms with Crippen molar-refractivity contribution in [2.75, 3.05) is 20.1 Å². The third-order valence-electron chi connectivity index (χ3n) is 4.38. The van der Waals surface area contributed by atoms with Crippen LogP contribution in [-0.4, -0.2) is 42.0 Å². The molecule has 1 unspecified atom stereocenters. The molecule has 1 heterocycles. The average molecular weight is 374 g/mol. The summed E-state index contributed by atoms with van der Waals surface area (Å²) in [6, 6.07) is 11.0. The number of hydrogen-bond donors (Lipinski definition) is 2. The van der Waals surface area contributed by atoms with Crippen molar-refractivity contribution in [1.29, 1.82) is 0 Å². The molecule has 2 N–H and O–H groups in total. The monoisotopic (exact) mass is 373 g/mol. The van der Waals surface area contributed by atoms with E-state index in [1.165, 1.54) is 10.4 Å². The fraction of sp³-hybridized carbons (Fsp3) is 0.500. The van der Waals surface area contributed by atoms with Gasteiger partial charge < -0.3 is 10.6 Å². The van der Waals surface area contributed by atoms with E-state index in [0.29, 0.717) is 12.6 Å². The van der Waals surface area contributed by atoms with E-state index in [-0.39, 0.29) is 0 Å². The number of guanidine groups is 1. The van der Waals surface area contributed by atoms with E-state index in [0.717, 1.165) is 36.3 Å². The highest BCUT2D eigenvalue weighted by Gasteiger charge is 2.11. The summed E-state index contributed by atoms with van der Waals surface area (Å²) >= 11 is 1.72. The van der Waals surface area contributed by atoms with Crippen molar-refractivity contribution in [2.45, 2.75) is 46.8 Å². The quantitative estimate of drug-likeness (QED) is 0.550. The molecule has 1 aromatic carbocycles. The summed E-state index contributed by atoms with van der Waals surface area (Å²) in [6.45, 7) is 11.7. The van der Waals surface area contributed by atoms with Crippen molar-refractivity contribution in [3.63, 3.8) is 0 Å². The lowest BCUT2D eigenvalue weighted by Gasteiger charge is -2.25. The minimum absolute atomic E-state index is 0.392. The van der Waals surface area contributed by atoms with Crippen LogP contribution in [0.15, 0.2) is 35.3 Å². The number of thiazole rings is 1. The normalized spacial score (nSPS) is 13.1. The van der Waals surface area contributed by atoms with E-state index < -0.39 is 0 Å². The average Bonchev–Trinajstić information content (AvgIpc) is 2.95. The van der Waals surface area contributed by atoms with Crippen LogP contribution in [0, 0.1) is 13.8 Å². The maximum absolute atomic E-state index is 4.68. The van der Waals surface area contributed by atoms with Gasteiger partial charge in [0.25, 0.3) is 0 Å². The molecule has 0 aliphatic rings. The van der Waals surface area contributed by atoms with Crippen LogP contribution in [0.3, 0.4) is 0 Å². The molecule has 0 amide bonds. The van der Waals surface area contributed by atoms with Crippen LogP contribution in [-0.2, 0) is 13.1 Å². The molecule has 6 heteroatoms. The summed E-state index contributed by atoms with van der Waals surface area (Å²) in [5.74, 6) is 0.845. The Morgan fingerprint density at radius 2 is 1.96 bits per heavy atom. The lowest BCUT2D eigenvalue weighted by atomic mass is 10.2. The Hall–Kier alpha value is -1.92. The molecule has 0 saturated carbocycles. The summed E-state index contributed by atoms with van der Waals surface area (Å²) in [5.41, 5.74) is 2.44. The zero-order chi connectivity index (χ0) is 18.9. The molecule has 1 atom stereocenters. The van der Waals surface area contributed by atoms with E-state index in [1.807, 2.05) is 6.92 Å². The lowest BCUT2D eigenvalue weighted by Crippen LogP contribution is -2.44. The molecule has 0 spiro atoms. The van der Waals surface area contributed by atoms with Gasteiger partial charge in [0.2, 0.25) is 0 Å². The number of nitrogens with zero attached hydrogens (tertiary/aromatic N) is 3. The van der Waals surface area contributed by atoms with Gasteiger partial charge in [0.1, 0.15) is 5.01 Å². The Morgan fingerprint density at radius 3 is 2.58 bits per heavy atom. The molecule has 2 rings (SSSR count). The molecule has 26 heavy (non-hydrogen) atoms. The highest BCUT2D eigenvalue weighted by molar-refractivity contribution is 7.11. The van der Waals surface area contributed by atoms with Gasteiger partial charge in [-0.1, -0.05) is 30.3 Å². The van der Waals surface area contributed by atoms with Crippen LogP contribution in [0.25, 0.3) is 0 Å². The summed E-state index contributed by atoms with van der Waals surface area (Å²) in [5, 5.41) is 7.83. The Labute approximate surface area is 161 Å². The van der Waals surface area contributed by atoms with Crippen molar-refractivity contribution in [1.82, 2.24) is 20.5 Å². The lowest BCUT2D eigenvalue weighted by molar-refractivity contribution is 0.249. The SMILES string of the molecule is CCNC(=NCc1nc(C)c(C)s1)NCC(C)N(C)Cc1ccccc1. The van der Waals surface area contributed by atoms with E-state index in [4.69, 9.17) is 0 Å². The Balaban J connectivity index is 1.87. The van der Waals surface area contributed by atoms with Crippen LogP contribution in [0.2, 0.25) is 0 Å². The predicted molar refractivity (Wildman–Crippen MR) is 112 cm³/mol. The van der Waals surface area contributed by atoms with Crippen LogP contribution < -0.4 is 10.6 Å². The molecule has 0 saturated heterocycles. The molecule has 0 bridgehead atoms. The fourth-order valence-corrected chi connectivity index (χ4v) is 3.38. The number of hydrogen-bond acceptors (Lipinski definition) is 4. The number of aryl methyl sites for hydroxylation is 2. The first kappa shape index (κ1) is 20.4. The molecular formula is C20H31N5S. The third kappa shape index (κ3) is 6.42. The first-order chi connectivity index (χ1) is 12.5. The second-order valence-electron chi connectivity index (χ2n) is 6.58. The van der Waals surface area contributed by atoms with E-state index in [9.17, 15) is 0 Å². The molecule has 1 aromatic heterocycles. The van der Waals surface area contributed by atoms with Crippen LogP contribution in [0.1, 0.15) is 35.0 Å². The Morgan fingerprint density at radius 1 is 1.23 bits per heavy atom. The standard InChI is InChI=1S/C20H31N5S/c1-6-21-20(23-13-19-24-16(3)17(4)26-19)22-12-15(2)25(5)14-18-10-8-7-9-11-18/h7-11,15H,6,12-14H2,1-5H3,(H2,21,22,23). The van der Waals surface area contributed by atoms with Crippen molar-refractivity contribution >= 4 is 17.3 Å². The molecule has 0 aliphatic heterocycles. The molecule has 0 fully saturated rings. The first-order valence-corrected chi connectivity index (χ1v) is 10.0. The second-order valence-corrected chi connectivity index (χ2v) is 7.86. The van der Waals surface area contributed by atoms with Gasteiger partial charge in [-0.05, 0) is 40.3 Å². The Bertz CT molecular complexity index is 676. The van der Waals surface area contributed by atoms with Gasteiger partial charge >= 0.3 is 0 Å². The van der Waals surface area contributed by atoms with Gasteiger partial charge in [0.15, 0.2) is 5.96 Å². The number of aliphatic imine (C=N–C) groups is 1. The molecule has 2 aromatic rings. The van der Waals surface area contributed by atoms with Gasteiger partial charge in [-0.2, -0.15) is 0 Å². The van der Waals surface area contributed by atoms with Crippen molar-refractivity contribution in [3.8, 4) is 0 Å². The number of likely N-dealkylation sites (N-methyl/N-ethyl adjacent to an activating group) is 1. The van der Waals surface area contributed by atoms with E-state index in [1.54, 1.807) is 11.3 Å². The Kier molecular flexibility index (Phi) is 8.06. The van der Waals surface area contributed by atoms with Gasteiger partial charge in [0, 0.05) is 30.6 Å². The van der Waals surface area contributed by atoms with Gasteiger partial charge in [-0.3, -0.25) is 4.90 Å². The maximum Gasteiger partial charge on any atom is 0.191 e. The number of nitrogens with one attached hydrogen (secondary N) is 2. The highest BCUT2D eigenvalue weighted by Crippen LogP contribution is 2.16. The largest absolute Gasteiger partial charge is 0.357 e.